The van der Waals surface area contributed by atoms with E-state index in [0.29, 0.717) is 29.5 Å². The Labute approximate surface area is 170 Å². The van der Waals surface area contributed by atoms with E-state index in [-0.39, 0.29) is 11.6 Å². The first-order valence-electron chi connectivity index (χ1n) is 10.0. The molecule has 1 aliphatic heterocycles. The van der Waals surface area contributed by atoms with Gasteiger partial charge in [0.15, 0.2) is 0 Å². The fourth-order valence-electron chi connectivity index (χ4n) is 3.94. The normalized spacial score (nSPS) is 15.3. The first-order valence-corrected chi connectivity index (χ1v) is 10.0. The van der Waals surface area contributed by atoms with E-state index in [1.807, 2.05) is 37.3 Å². The maximum Gasteiger partial charge on any atom is 0.323 e. The third-order valence-electron chi connectivity index (χ3n) is 5.58. The minimum absolute atomic E-state index is 0.304. The monoisotopic (exact) mass is 390 g/mol. The fraction of sp³-hybridized carbons (Fsp3) is 0.304. The number of H-pyrrole nitrogens is 2. The number of hydrogen-bond donors (Lipinski definition) is 3. The van der Waals surface area contributed by atoms with Gasteiger partial charge in [-0.1, -0.05) is 48.0 Å². The Kier molecular flexibility index (Phi) is 5.62. The Morgan fingerprint density at radius 1 is 1.03 bits per heavy atom. The van der Waals surface area contributed by atoms with Crippen molar-refractivity contribution in [1.82, 2.24) is 14.9 Å². The van der Waals surface area contributed by atoms with Crippen molar-refractivity contribution in [2.45, 2.75) is 32.2 Å². The number of aryl methyl sites for hydroxylation is 1. The van der Waals surface area contributed by atoms with E-state index in [0.717, 1.165) is 31.5 Å². The van der Waals surface area contributed by atoms with Crippen LogP contribution in [0.25, 0.3) is 0 Å². The van der Waals surface area contributed by atoms with Crippen molar-refractivity contribution in [3.05, 3.63) is 87.6 Å². The van der Waals surface area contributed by atoms with Gasteiger partial charge in [0.1, 0.15) is 5.69 Å². The average Bonchev–Trinajstić information content (AvgIpc) is 3.11. The second kappa shape index (κ2) is 8.49. The Morgan fingerprint density at radius 2 is 1.72 bits per heavy atom. The number of nitrogens with one attached hydrogen (secondary N) is 3. The Balaban J connectivity index is 1.40. The van der Waals surface area contributed by atoms with Gasteiger partial charge in [0, 0.05) is 12.2 Å². The summed E-state index contributed by atoms with van der Waals surface area (Å²) in [5, 5.41) is 2.86. The summed E-state index contributed by atoms with van der Waals surface area (Å²) >= 11 is 0. The quantitative estimate of drug-likeness (QED) is 0.622. The van der Waals surface area contributed by atoms with Crippen molar-refractivity contribution in [2.24, 2.45) is 0 Å². The van der Waals surface area contributed by atoms with Crippen LogP contribution in [-0.2, 0) is 6.54 Å². The zero-order valence-electron chi connectivity index (χ0n) is 16.6. The number of likely N-dealkylation sites (tertiary alicyclic amines) is 1. The van der Waals surface area contributed by atoms with Crippen LogP contribution in [0, 0.1) is 6.92 Å². The number of anilines is 1. The molecule has 0 bridgehead atoms. The third-order valence-corrected chi connectivity index (χ3v) is 5.58. The number of piperidine rings is 1. The van der Waals surface area contributed by atoms with Gasteiger partial charge in [0.05, 0.1) is 5.69 Å². The van der Waals surface area contributed by atoms with Gasteiger partial charge in [0.25, 0.3) is 5.91 Å². The summed E-state index contributed by atoms with van der Waals surface area (Å²) in [6.07, 6.45) is 2.15. The lowest BCUT2D eigenvalue weighted by Gasteiger charge is -2.32. The molecule has 1 aliphatic rings. The summed E-state index contributed by atoms with van der Waals surface area (Å²) in [4.78, 5) is 32.3. The first-order chi connectivity index (χ1) is 14.1. The van der Waals surface area contributed by atoms with Crippen LogP contribution < -0.4 is 11.0 Å². The molecule has 0 aliphatic carbocycles. The molecule has 0 saturated carbocycles. The predicted molar refractivity (Wildman–Crippen MR) is 114 cm³/mol. The summed E-state index contributed by atoms with van der Waals surface area (Å²) < 4.78 is 0. The Hall–Kier alpha value is -3.12. The summed E-state index contributed by atoms with van der Waals surface area (Å²) in [6.45, 7) is 4.42. The van der Waals surface area contributed by atoms with Gasteiger partial charge in [-0.05, 0) is 56.5 Å². The van der Waals surface area contributed by atoms with Crippen LogP contribution in [0.5, 0.6) is 0 Å². The Morgan fingerprint density at radius 3 is 2.41 bits per heavy atom. The van der Waals surface area contributed by atoms with Crippen LogP contribution in [0.3, 0.4) is 0 Å². The molecule has 6 nitrogen and oxygen atoms in total. The lowest BCUT2D eigenvalue weighted by Crippen LogP contribution is -2.33. The van der Waals surface area contributed by atoms with Crippen molar-refractivity contribution in [2.75, 3.05) is 18.4 Å². The number of aromatic amines is 2. The number of benzene rings is 2. The molecule has 3 N–H and O–H groups in total. The lowest BCUT2D eigenvalue weighted by atomic mass is 9.89. The summed E-state index contributed by atoms with van der Waals surface area (Å²) in [5.41, 5.74) is 3.81. The molecule has 29 heavy (non-hydrogen) atoms. The molecule has 1 aromatic heterocycles. The zero-order chi connectivity index (χ0) is 20.2. The highest BCUT2D eigenvalue weighted by molar-refractivity contribution is 6.03. The molecule has 3 aromatic rings. The van der Waals surface area contributed by atoms with Crippen molar-refractivity contribution in [1.29, 1.82) is 0 Å². The minimum atomic E-state index is -0.353. The third kappa shape index (κ3) is 4.66. The SMILES string of the molecule is Cc1ccc(NC(=O)c2[nH]c(=O)[nH]c2CN2CCC(c3ccccc3)CC2)cc1. The Bertz CT molecular complexity index is 1010. The van der Waals surface area contributed by atoms with Crippen molar-refractivity contribution in [3.63, 3.8) is 0 Å². The molecular weight excluding hydrogens is 364 g/mol. The van der Waals surface area contributed by atoms with Crippen molar-refractivity contribution >= 4 is 11.6 Å². The van der Waals surface area contributed by atoms with E-state index in [4.69, 9.17) is 0 Å². The van der Waals surface area contributed by atoms with Gasteiger partial charge < -0.3 is 15.3 Å². The van der Waals surface area contributed by atoms with E-state index in [1.165, 1.54) is 5.56 Å². The van der Waals surface area contributed by atoms with E-state index >= 15 is 0 Å². The molecule has 1 amide bonds. The summed E-state index contributed by atoms with van der Waals surface area (Å²) in [6, 6.07) is 18.2. The number of aromatic nitrogens is 2. The van der Waals surface area contributed by atoms with Gasteiger partial charge in [-0.25, -0.2) is 4.79 Å². The second-order valence-electron chi connectivity index (χ2n) is 7.71. The fourth-order valence-corrected chi connectivity index (χ4v) is 3.94. The lowest BCUT2D eigenvalue weighted by molar-refractivity contribution is 0.102. The van der Waals surface area contributed by atoms with Crippen LogP contribution in [-0.4, -0.2) is 33.9 Å². The molecule has 1 saturated heterocycles. The van der Waals surface area contributed by atoms with Gasteiger partial charge in [-0.15, -0.1) is 0 Å². The largest absolute Gasteiger partial charge is 0.323 e. The zero-order valence-corrected chi connectivity index (χ0v) is 16.6. The topological polar surface area (TPSA) is 81.0 Å². The predicted octanol–water partition coefficient (Wildman–Crippen LogP) is 3.64. The van der Waals surface area contributed by atoms with Crippen molar-refractivity contribution in [3.8, 4) is 0 Å². The van der Waals surface area contributed by atoms with Crippen LogP contribution in [0.2, 0.25) is 0 Å². The molecule has 0 atom stereocenters. The summed E-state index contributed by atoms with van der Waals surface area (Å²) in [7, 11) is 0. The molecule has 0 spiro atoms. The number of imidazole rings is 1. The average molecular weight is 390 g/mol. The van der Waals surface area contributed by atoms with Gasteiger partial charge in [-0.2, -0.15) is 0 Å². The van der Waals surface area contributed by atoms with Crippen LogP contribution in [0.1, 0.15) is 46.1 Å². The molecular formula is C23H26N4O2. The summed E-state index contributed by atoms with van der Waals surface area (Å²) in [5.74, 6) is 0.267. The number of nitrogens with zero attached hydrogens (tertiary/aromatic N) is 1. The van der Waals surface area contributed by atoms with E-state index in [9.17, 15) is 9.59 Å². The molecule has 150 valence electrons. The van der Waals surface area contributed by atoms with Crippen LogP contribution >= 0.6 is 0 Å². The van der Waals surface area contributed by atoms with Crippen LogP contribution in [0.15, 0.2) is 59.4 Å². The second-order valence-corrected chi connectivity index (χ2v) is 7.71. The van der Waals surface area contributed by atoms with Gasteiger partial charge >= 0.3 is 5.69 Å². The van der Waals surface area contributed by atoms with Crippen molar-refractivity contribution < 1.29 is 4.79 Å². The van der Waals surface area contributed by atoms with E-state index in [2.05, 4.69) is 44.5 Å². The van der Waals surface area contributed by atoms with Gasteiger partial charge in [0.2, 0.25) is 0 Å². The molecule has 1 fully saturated rings. The molecule has 4 rings (SSSR count). The highest BCUT2D eigenvalue weighted by Gasteiger charge is 2.23. The molecule has 0 radical (unpaired) electrons. The van der Waals surface area contributed by atoms with E-state index in [1.54, 1.807) is 0 Å². The molecule has 0 unspecified atom stereocenters. The maximum absolute atomic E-state index is 12.7. The first kappa shape index (κ1) is 19.2. The standard InChI is InChI=1S/C23H26N4O2/c1-16-7-9-19(10-8-16)24-22(28)21-20(25-23(29)26-21)15-27-13-11-18(12-14-27)17-5-3-2-4-6-17/h2-10,18H,11-15H2,1H3,(H,24,28)(H2,25,26,29). The number of hydrogen-bond acceptors (Lipinski definition) is 3. The van der Waals surface area contributed by atoms with E-state index < -0.39 is 0 Å². The number of carbonyl (C=O) groups excluding carboxylic acids is 1. The smallest absolute Gasteiger partial charge is 0.321 e. The maximum atomic E-state index is 12.7. The highest BCUT2D eigenvalue weighted by atomic mass is 16.2. The highest BCUT2D eigenvalue weighted by Crippen LogP contribution is 2.28. The number of amides is 1. The molecule has 6 heteroatoms. The molecule has 2 aromatic carbocycles. The van der Waals surface area contributed by atoms with Crippen LogP contribution in [0.4, 0.5) is 5.69 Å². The van der Waals surface area contributed by atoms with Gasteiger partial charge in [-0.3, -0.25) is 9.69 Å². The molecule has 2 heterocycles. The minimum Gasteiger partial charge on any atom is -0.321 e. The number of carbonyl (C=O) groups is 1. The number of rotatable bonds is 5.